The fraction of sp³-hybridized carbons (Fsp3) is 0.545. The molecule has 0 N–H and O–H groups in total. The van der Waals surface area contributed by atoms with Crippen LogP contribution in [0, 0.1) is 0 Å². The van der Waals surface area contributed by atoms with Crippen LogP contribution in [0.15, 0.2) is 11.3 Å². The number of carbonyl (C=O) groups excluding carboxylic acids is 3. The fourth-order valence-corrected chi connectivity index (χ4v) is 3.32. The molecule has 18 heavy (non-hydrogen) atoms. The van der Waals surface area contributed by atoms with E-state index >= 15 is 0 Å². The standard InChI is InChI=1S/C11H13NO5S/c1-6(14)17-4-7-5-18-11-9(16-2)10(15)12(11)8(7)3-13/h3,9,11H,4-5H2,1-2H3/t9-,11-/m0/s1. The lowest BCUT2D eigenvalue weighted by Crippen LogP contribution is -2.65. The Morgan fingerprint density at radius 3 is 2.89 bits per heavy atom. The molecule has 0 aromatic rings. The molecule has 0 bridgehead atoms. The summed E-state index contributed by atoms with van der Waals surface area (Å²) >= 11 is 1.50. The van der Waals surface area contributed by atoms with Gasteiger partial charge in [0.2, 0.25) is 0 Å². The number of amides is 1. The van der Waals surface area contributed by atoms with Gasteiger partial charge in [-0.05, 0) is 0 Å². The first-order valence-corrected chi connectivity index (χ1v) is 6.43. The van der Waals surface area contributed by atoms with Crippen LogP contribution in [0.5, 0.6) is 0 Å². The highest BCUT2D eigenvalue weighted by Gasteiger charge is 2.52. The molecule has 2 atom stereocenters. The molecule has 0 spiro atoms. The molecule has 1 fully saturated rings. The number of esters is 1. The second-order valence-electron chi connectivity index (χ2n) is 3.95. The summed E-state index contributed by atoms with van der Waals surface area (Å²) in [7, 11) is 1.47. The van der Waals surface area contributed by atoms with Crippen molar-refractivity contribution in [1.82, 2.24) is 4.90 Å². The third-order valence-corrected chi connectivity index (χ3v) is 4.17. The van der Waals surface area contributed by atoms with Crippen molar-refractivity contribution < 1.29 is 23.9 Å². The molecule has 0 unspecified atom stereocenters. The van der Waals surface area contributed by atoms with E-state index in [2.05, 4.69) is 0 Å². The minimum atomic E-state index is -0.486. The molecule has 98 valence electrons. The van der Waals surface area contributed by atoms with E-state index in [0.717, 1.165) is 0 Å². The Balaban J connectivity index is 2.17. The highest BCUT2D eigenvalue weighted by molar-refractivity contribution is 8.00. The Kier molecular flexibility index (Phi) is 3.72. The Bertz CT molecular complexity index is 433. The average molecular weight is 271 g/mol. The Morgan fingerprint density at radius 2 is 2.33 bits per heavy atom. The summed E-state index contributed by atoms with van der Waals surface area (Å²) in [5, 5.41) is -0.149. The smallest absolute Gasteiger partial charge is 0.302 e. The van der Waals surface area contributed by atoms with Crippen LogP contribution in [0.2, 0.25) is 0 Å². The van der Waals surface area contributed by atoms with Gasteiger partial charge >= 0.3 is 5.97 Å². The Morgan fingerprint density at radius 1 is 1.61 bits per heavy atom. The summed E-state index contributed by atoms with van der Waals surface area (Å²) in [6.07, 6.45) is 0.148. The first-order chi connectivity index (χ1) is 8.60. The van der Waals surface area contributed by atoms with Crippen molar-refractivity contribution >= 4 is 29.9 Å². The van der Waals surface area contributed by atoms with Gasteiger partial charge in [0, 0.05) is 25.4 Å². The second-order valence-corrected chi connectivity index (χ2v) is 5.06. The van der Waals surface area contributed by atoms with Crippen LogP contribution in [0.3, 0.4) is 0 Å². The first-order valence-electron chi connectivity index (χ1n) is 5.38. The first kappa shape index (κ1) is 13.1. The molecule has 0 aliphatic carbocycles. The molecule has 2 rings (SSSR count). The van der Waals surface area contributed by atoms with Gasteiger partial charge in [-0.15, -0.1) is 11.8 Å². The van der Waals surface area contributed by atoms with E-state index in [9.17, 15) is 14.4 Å². The second kappa shape index (κ2) is 5.11. The predicted octanol–water partition coefficient (Wildman–Crippen LogP) is -0.0674. The topological polar surface area (TPSA) is 72.9 Å². The minimum Gasteiger partial charge on any atom is -0.461 e. The van der Waals surface area contributed by atoms with Gasteiger partial charge in [0.15, 0.2) is 12.4 Å². The van der Waals surface area contributed by atoms with E-state index in [4.69, 9.17) is 9.47 Å². The lowest BCUT2D eigenvalue weighted by atomic mass is 10.1. The van der Waals surface area contributed by atoms with Crippen molar-refractivity contribution in [3.63, 3.8) is 0 Å². The van der Waals surface area contributed by atoms with E-state index in [-0.39, 0.29) is 17.9 Å². The summed E-state index contributed by atoms with van der Waals surface area (Å²) in [5.74, 6) is -0.0861. The van der Waals surface area contributed by atoms with Crippen molar-refractivity contribution in [2.24, 2.45) is 0 Å². The largest absolute Gasteiger partial charge is 0.461 e. The maximum Gasteiger partial charge on any atom is 0.302 e. The van der Waals surface area contributed by atoms with Crippen LogP contribution in [0.1, 0.15) is 6.92 Å². The van der Waals surface area contributed by atoms with Crippen LogP contribution in [-0.2, 0) is 23.9 Å². The Hall–Kier alpha value is -1.34. The van der Waals surface area contributed by atoms with Crippen LogP contribution in [-0.4, -0.2) is 54.0 Å². The van der Waals surface area contributed by atoms with Gasteiger partial charge < -0.3 is 9.47 Å². The summed E-state index contributed by atoms with van der Waals surface area (Å²) in [4.78, 5) is 35.0. The van der Waals surface area contributed by atoms with Crippen LogP contribution in [0.25, 0.3) is 0 Å². The summed E-state index contributed by atoms with van der Waals surface area (Å²) < 4.78 is 9.93. The number of hydrogen-bond donors (Lipinski definition) is 0. The van der Waals surface area contributed by atoms with Crippen molar-refractivity contribution in [2.45, 2.75) is 18.4 Å². The highest BCUT2D eigenvalue weighted by Crippen LogP contribution is 2.40. The van der Waals surface area contributed by atoms with Crippen LogP contribution >= 0.6 is 11.8 Å². The molecule has 0 radical (unpaired) electrons. The number of hydrogen-bond acceptors (Lipinski definition) is 6. The maximum absolute atomic E-state index is 11.8. The molecule has 2 heterocycles. The lowest BCUT2D eigenvalue weighted by Gasteiger charge is -2.48. The SMILES string of the molecule is CO[C@H]1C(=O)N2C(C=O)=C(COC(C)=O)CS[C@@H]12. The molecule has 1 amide bonds. The maximum atomic E-state index is 11.8. The number of methoxy groups -OCH3 is 1. The van der Waals surface area contributed by atoms with Crippen molar-refractivity contribution in [2.75, 3.05) is 19.5 Å². The molecular weight excluding hydrogens is 258 g/mol. The normalized spacial score (nSPS) is 26.6. The molecular formula is C11H13NO5S. The van der Waals surface area contributed by atoms with E-state index in [1.165, 1.54) is 30.7 Å². The zero-order valence-electron chi connectivity index (χ0n) is 10.0. The van der Waals surface area contributed by atoms with E-state index in [0.29, 0.717) is 23.3 Å². The number of carbonyl (C=O) groups is 3. The quantitative estimate of drug-likeness (QED) is 0.405. The molecule has 2 aliphatic rings. The number of β-lactam (4-membered cyclic amide) rings is 1. The zero-order valence-corrected chi connectivity index (χ0v) is 10.9. The van der Waals surface area contributed by atoms with Gasteiger partial charge in [0.1, 0.15) is 12.0 Å². The number of aldehydes is 1. The number of thioether (sulfide) groups is 1. The summed E-state index contributed by atoms with van der Waals surface area (Å²) in [6.45, 7) is 1.35. The third kappa shape index (κ3) is 2.04. The molecule has 0 aromatic heterocycles. The number of allylic oxidation sites excluding steroid dienone is 1. The van der Waals surface area contributed by atoms with Gasteiger partial charge in [0.05, 0.1) is 5.70 Å². The molecule has 7 heteroatoms. The van der Waals surface area contributed by atoms with Crippen LogP contribution in [0.4, 0.5) is 0 Å². The van der Waals surface area contributed by atoms with E-state index in [1.54, 1.807) is 0 Å². The van der Waals surface area contributed by atoms with Crippen LogP contribution < -0.4 is 0 Å². The molecule has 1 saturated heterocycles. The summed E-state index contributed by atoms with van der Waals surface area (Å²) in [5.41, 5.74) is 0.961. The van der Waals surface area contributed by atoms with Gasteiger partial charge in [-0.25, -0.2) is 0 Å². The fourth-order valence-electron chi connectivity index (χ4n) is 1.95. The van der Waals surface area contributed by atoms with Crippen molar-refractivity contribution in [3.8, 4) is 0 Å². The van der Waals surface area contributed by atoms with Crippen molar-refractivity contribution in [3.05, 3.63) is 11.3 Å². The molecule has 0 saturated carbocycles. The number of ether oxygens (including phenoxy) is 2. The average Bonchev–Trinajstić information content (AvgIpc) is 2.35. The van der Waals surface area contributed by atoms with Gasteiger partial charge in [-0.3, -0.25) is 19.3 Å². The molecule has 2 aliphatic heterocycles. The number of rotatable bonds is 4. The van der Waals surface area contributed by atoms with Gasteiger partial charge in [-0.2, -0.15) is 0 Å². The van der Waals surface area contributed by atoms with E-state index < -0.39 is 12.1 Å². The highest BCUT2D eigenvalue weighted by atomic mass is 32.2. The summed E-state index contributed by atoms with van der Waals surface area (Å²) in [6, 6.07) is 0. The number of fused-ring (bicyclic) bond motifs is 1. The monoisotopic (exact) mass is 271 g/mol. The zero-order chi connectivity index (χ0) is 13.3. The van der Waals surface area contributed by atoms with Gasteiger partial charge in [0.25, 0.3) is 5.91 Å². The third-order valence-electron chi connectivity index (χ3n) is 2.86. The molecule has 0 aromatic carbocycles. The predicted molar refractivity (Wildman–Crippen MR) is 63.6 cm³/mol. The van der Waals surface area contributed by atoms with Crippen molar-refractivity contribution in [1.29, 1.82) is 0 Å². The minimum absolute atomic E-state index is 0.0462. The number of nitrogens with zero attached hydrogens (tertiary/aromatic N) is 1. The van der Waals surface area contributed by atoms with E-state index in [1.807, 2.05) is 0 Å². The lowest BCUT2D eigenvalue weighted by molar-refractivity contribution is -0.159. The van der Waals surface area contributed by atoms with Gasteiger partial charge in [-0.1, -0.05) is 0 Å². The Labute approximate surface area is 108 Å². The molecule has 6 nitrogen and oxygen atoms in total.